The van der Waals surface area contributed by atoms with Gasteiger partial charge in [0, 0.05) is 11.3 Å². The van der Waals surface area contributed by atoms with Gasteiger partial charge < -0.3 is 0 Å². The van der Waals surface area contributed by atoms with Gasteiger partial charge in [-0.25, -0.2) is 4.98 Å². The normalized spacial score (nSPS) is 11.5. The van der Waals surface area contributed by atoms with Gasteiger partial charge in [-0.1, -0.05) is 109 Å². The predicted molar refractivity (Wildman–Crippen MR) is 152 cm³/mol. The van der Waals surface area contributed by atoms with Gasteiger partial charge in [-0.05, 0) is 63.9 Å². The van der Waals surface area contributed by atoms with E-state index in [0.717, 1.165) is 28.1 Å². The Hall–Kier alpha value is -4.69. The van der Waals surface area contributed by atoms with Crippen molar-refractivity contribution < 1.29 is 0 Å². The molecule has 170 valence electrons. The first-order chi connectivity index (χ1) is 17.8. The maximum Gasteiger partial charge on any atom is 0.146 e. The molecule has 2 nitrogen and oxygen atoms in total. The second-order valence-corrected chi connectivity index (χ2v) is 9.30. The van der Waals surface area contributed by atoms with Crippen LogP contribution < -0.4 is 0 Å². The lowest BCUT2D eigenvalue weighted by atomic mass is 9.88. The Labute approximate surface area is 210 Å². The molecule has 0 saturated carbocycles. The second kappa shape index (κ2) is 8.21. The van der Waals surface area contributed by atoms with Gasteiger partial charge in [0.2, 0.25) is 0 Å². The van der Waals surface area contributed by atoms with Gasteiger partial charge in [-0.15, -0.1) is 0 Å². The number of aromatic nitrogens is 2. The molecular weight excluding hydrogens is 436 g/mol. The molecule has 7 rings (SSSR count). The Morgan fingerprint density at radius 3 is 1.67 bits per heavy atom. The van der Waals surface area contributed by atoms with Crippen molar-refractivity contribution in [1.29, 1.82) is 0 Å². The molecule has 1 aromatic heterocycles. The first-order valence-corrected chi connectivity index (χ1v) is 12.3. The van der Waals surface area contributed by atoms with Crippen LogP contribution in [0.3, 0.4) is 0 Å². The van der Waals surface area contributed by atoms with Gasteiger partial charge >= 0.3 is 0 Å². The Morgan fingerprint density at radius 1 is 0.500 bits per heavy atom. The fourth-order valence-corrected chi connectivity index (χ4v) is 5.43. The zero-order valence-electron chi connectivity index (χ0n) is 20.0. The van der Waals surface area contributed by atoms with E-state index in [0.29, 0.717) is 0 Å². The smallest absolute Gasteiger partial charge is 0.146 e. The average molecular weight is 461 g/mol. The van der Waals surface area contributed by atoms with E-state index in [1.54, 1.807) is 0 Å². The molecule has 0 atom stereocenters. The van der Waals surface area contributed by atoms with Crippen molar-refractivity contribution in [3.63, 3.8) is 0 Å². The van der Waals surface area contributed by atoms with Crippen molar-refractivity contribution >= 4 is 32.6 Å². The number of rotatable bonds is 3. The standard InChI is InChI=1S/C34H24N2/c1-23-19-21-24(22-20-23)32-26-13-5-7-15-28(26)33(29-16-8-6-14-27(29)32)34-35-30-17-9-10-18-31(30)36(34)25-11-3-2-4-12-25/h2-22H,1H3. The molecule has 7 aromatic rings. The summed E-state index contributed by atoms with van der Waals surface area (Å²) in [6.45, 7) is 2.14. The summed E-state index contributed by atoms with van der Waals surface area (Å²) >= 11 is 0. The topological polar surface area (TPSA) is 17.8 Å². The van der Waals surface area contributed by atoms with E-state index < -0.39 is 0 Å². The van der Waals surface area contributed by atoms with E-state index in [1.807, 2.05) is 0 Å². The molecule has 1 heterocycles. The molecule has 0 unspecified atom stereocenters. The van der Waals surface area contributed by atoms with Crippen molar-refractivity contribution in [2.24, 2.45) is 0 Å². The van der Waals surface area contributed by atoms with Crippen LogP contribution in [-0.4, -0.2) is 9.55 Å². The Kier molecular flexibility index (Phi) is 4.71. The maximum atomic E-state index is 5.24. The van der Waals surface area contributed by atoms with Gasteiger partial charge in [0.05, 0.1) is 11.0 Å². The fraction of sp³-hybridized carbons (Fsp3) is 0.0294. The molecule has 36 heavy (non-hydrogen) atoms. The molecular formula is C34H24N2. The number of imidazole rings is 1. The van der Waals surface area contributed by atoms with Gasteiger partial charge in [0.1, 0.15) is 5.82 Å². The van der Waals surface area contributed by atoms with Crippen molar-refractivity contribution in [1.82, 2.24) is 9.55 Å². The molecule has 0 amide bonds. The molecule has 0 spiro atoms. The van der Waals surface area contributed by atoms with Crippen LogP contribution in [0.25, 0.3) is 60.8 Å². The van der Waals surface area contributed by atoms with Crippen LogP contribution >= 0.6 is 0 Å². The summed E-state index contributed by atoms with van der Waals surface area (Å²) in [7, 11) is 0. The first-order valence-electron chi connectivity index (χ1n) is 12.3. The van der Waals surface area contributed by atoms with Crippen LogP contribution in [0.15, 0.2) is 127 Å². The molecule has 0 aliphatic rings. The van der Waals surface area contributed by atoms with Gasteiger partial charge in [0.25, 0.3) is 0 Å². The highest BCUT2D eigenvalue weighted by Crippen LogP contribution is 2.44. The van der Waals surface area contributed by atoms with Crippen molar-refractivity contribution in [3.05, 3.63) is 133 Å². The van der Waals surface area contributed by atoms with E-state index in [1.165, 1.54) is 38.2 Å². The molecule has 0 fully saturated rings. The van der Waals surface area contributed by atoms with Crippen LogP contribution in [0.1, 0.15) is 5.56 Å². The number of fused-ring (bicyclic) bond motifs is 3. The minimum Gasteiger partial charge on any atom is -0.292 e. The largest absolute Gasteiger partial charge is 0.292 e. The van der Waals surface area contributed by atoms with E-state index in [2.05, 4.69) is 139 Å². The van der Waals surface area contributed by atoms with Crippen molar-refractivity contribution in [2.45, 2.75) is 6.92 Å². The molecule has 0 radical (unpaired) electrons. The van der Waals surface area contributed by atoms with Gasteiger partial charge in [-0.2, -0.15) is 0 Å². The Morgan fingerprint density at radius 2 is 1.03 bits per heavy atom. The maximum absolute atomic E-state index is 5.24. The van der Waals surface area contributed by atoms with E-state index in [9.17, 15) is 0 Å². The number of nitrogens with zero attached hydrogens (tertiary/aromatic N) is 2. The van der Waals surface area contributed by atoms with Gasteiger partial charge in [0.15, 0.2) is 0 Å². The van der Waals surface area contributed by atoms with Crippen LogP contribution in [0, 0.1) is 6.92 Å². The Balaban J connectivity index is 1.67. The van der Waals surface area contributed by atoms with E-state index in [4.69, 9.17) is 4.98 Å². The fourth-order valence-electron chi connectivity index (χ4n) is 5.43. The zero-order chi connectivity index (χ0) is 24.1. The molecule has 2 heteroatoms. The first kappa shape index (κ1) is 20.7. The van der Waals surface area contributed by atoms with Crippen LogP contribution in [0.5, 0.6) is 0 Å². The quantitative estimate of drug-likeness (QED) is 0.241. The minimum absolute atomic E-state index is 0.963. The summed E-state index contributed by atoms with van der Waals surface area (Å²) in [5.41, 5.74) is 8.14. The lowest BCUT2D eigenvalue weighted by Gasteiger charge is -2.18. The highest BCUT2D eigenvalue weighted by molar-refractivity contribution is 6.21. The summed E-state index contributed by atoms with van der Waals surface area (Å²) < 4.78 is 2.30. The lowest BCUT2D eigenvalue weighted by molar-refractivity contribution is 1.11. The van der Waals surface area contributed by atoms with Crippen LogP contribution in [0.2, 0.25) is 0 Å². The highest BCUT2D eigenvalue weighted by Gasteiger charge is 2.21. The Bertz CT molecular complexity index is 1820. The van der Waals surface area contributed by atoms with E-state index >= 15 is 0 Å². The third-order valence-corrected chi connectivity index (χ3v) is 7.07. The number of benzene rings is 6. The average Bonchev–Trinajstić information content (AvgIpc) is 3.32. The third-order valence-electron chi connectivity index (χ3n) is 7.07. The molecule has 0 bridgehead atoms. The minimum atomic E-state index is 0.963. The second-order valence-electron chi connectivity index (χ2n) is 9.30. The summed E-state index contributed by atoms with van der Waals surface area (Å²) in [5, 5.41) is 4.89. The molecule has 0 aliphatic heterocycles. The van der Waals surface area contributed by atoms with Crippen LogP contribution in [-0.2, 0) is 0 Å². The molecule has 6 aromatic carbocycles. The van der Waals surface area contributed by atoms with Gasteiger partial charge in [-0.3, -0.25) is 4.57 Å². The highest BCUT2D eigenvalue weighted by atomic mass is 15.1. The molecule has 0 aliphatic carbocycles. The molecule has 0 saturated heterocycles. The van der Waals surface area contributed by atoms with Crippen molar-refractivity contribution in [3.8, 4) is 28.2 Å². The molecule has 0 N–H and O–H groups in total. The van der Waals surface area contributed by atoms with Crippen molar-refractivity contribution in [2.75, 3.05) is 0 Å². The van der Waals surface area contributed by atoms with Crippen LogP contribution in [0.4, 0.5) is 0 Å². The zero-order valence-corrected chi connectivity index (χ0v) is 20.0. The summed E-state index contributed by atoms with van der Waals surface area (Å²) in [4.78, 5) is 5.24. The monoisotopic (exact) mass is 460 g/mol. The summed E-state index contributed by atoms with van der Waals surface area (Å²) in [6, 6.07) is 45.3. The summed E-state index contributed by atoms with van der Waals surface area (Å²) in [5.74, 6) is 0.963. The lowest BCUT2D eigenvalue weighted by Crippen LogP contribution is -1.99. The number of hydrogen-bond acceptors (Lipinski definition) is 1. The summed E-state index contributed by atoms with van der Waals surface area (Å²) in [6.07, 6.45) is 0. The predicted octanol–water partition coefficient (Wildman–Crippen LogP) is 8.97. The van der Waals surface area contributed by atoms with E-state index in [-0.39, 0.29) is 0 Å². The SMILES string of the molecule is Cc1ccc(-c2c3ccccc3c(-c3nc4ccccc4n3-c3ccccc3)c3ccccc23)cc1. The third kappa shape index (κ3) is 3.15. The number of para-hydroxylation sites is 3. The number of hydrogen-bond donors (Lipinski definition) is 0. The number of aryl methyl sites for hydroxylation is 1.